The quantitative estimate of drug-likeness (QED) is 0.841. The standard InChI is InChI=1S/C19H22ClNO4/c1-10-16-13(22)8-19(2,3)9-15(16)25-17(10)18(23)21-12-7-11(20)5-6-14(12)24-4/h5-7,13,22H,8-9H2,1-4H3,(H,21,23). The Bertz CT molecular complexity index is 825. The first-order chi connectivity index (χ1) is 11.7. The number of benzene rings is 1. The maximum Gasteiger partial charge on any atom is 0.291 e. The van der Waals surface area contributed by atoms with Crippen molar-refractivity contribution in [1.29, 1.82) is 0 Å². The van der Waals surface area contributed by atoms with Crippen molar-refractivity contribution < 1.29 is 19.1 Å². The van der Waals surface area contributed by atoms with Crippen molar-refractivity contribution in [3.8, 4) is 5.75 Å². The van der Waals surface area contributed by atoms with E-state index in [-0.39, 0.29) is 11.2 Å². The summed E-state index contributed by atoms with van der Waals surface area (Å²) in [7, 11) is 1.52. The number of carbonyl (C=O) groups excluding carboxylic acids is 1. The lowest BCUT2D eigenvalue weighted by Gasteiger charge is -2.31. The first-order valence-electron chi connectivity index (χ1n) is 8.17. The summed E-state index contributed by atoms with van der Waals surface area (Å²) >= 11 is 6.00. The molecule has 1 heterocycles. The molecule has 1 amide bonds. The van der Waals surface area contributed by atoms with Crippen LogP contribution in [0.4, 0.5) is 5.69 Å². The van der Waals surface area contributed by atoms with Crippen molar-refractivity contribution in [3.05, 3.63) is 45.9 Å². The van der Waals surface area contributed by atoms with Crippen LogP contribution in [-0.2, 0) is 6.42 Å². The van der Waals surface area contributed by atoms with Crippen LogP contribution in [0, 0.1) is 12.3 Å². The van der Waals surface area contributed by atoms with Gasteiger partial charge in [0, 0.05) is 22.6 Å². The molecule has 6 heteroatoms. The number of furan rings is 1. The number of carbonyl (C=O) groups is 1. The van der Waals surface area contributed by atoms with E-state index < -0.39 is 12.0 Å². The van der Waals surface area contributed by atoms with Crippen molar-refractivity contribution in [3.63, 3.8) is 0 Å². The highest BCUT2D eigenvalue weighted by atomic mass is 35.5. The van der Waals surface area contributed by atoms with Crippen molar-refractivity contribution in [2.75, 3.05) is 12.4 Å². The Morgan fingerprint density at radius 1 is 1.44 bits per heavy atom. The SMILES string of the molecule is COc1ccc(Cl)cc1NC(=O)c1oc2c(c1C)C(O)CC(C)(C)C2. The normalized spacial score (nSPS) is 18.6. The minimum atomic E-state index is -0.621. The molecule has 3 rings (SSSR count). The van der Waals surface area contributed by atoms with Crippen LogP contribution < -0.4 is 10.1 Å². The Labute approximate surface area is 151 Å². The molecule has 1 aliphatic rings. The Morgan fingerprint density at radius 2 is 2.16 bits per heavy atom. The number of aliphatic hydroxyl groups excluding tert-OH is 1. The molecule has 0 fully saturated rings. The lowest BCUT2D eigenvalue weighted by Crippen LogP contribution is -2.24. The minimum absolute atomic E-state index is 0.0688. The zero-order valence-corrected chi connectivity index (χ0v) is 15.5. The molecule has 0 spiro atoms. The number of nitrogens with one attached hydrogen (secondary N) is 1. The van der Waals surface area contributed by atoms with Crippen LogP contribution in [0.15, 0.2) is 22.6 Å². The van der Waals surface area contributed by atoms with Gasteiger partial charge >= 0.3 is 0 Å². The summed E-state index contributed by atoms with van der Waals surface area (Å²) in [6.07, 6.45) is 0.710. The molecule has 1 aromatic heterocycles. The summed E-state index contributed by atoms with van der Waals surface area (Å²) in [5.41, 5.74) is 1.81. The van der Waals surface area contributed by atoms with Gasteiger partial charge in [-0.15, -0.1) is 0 Å². The predicted octanol–water partition coefficient (Wildman–Crippen LogP) is 4.51. The van der Waals surface area contributed by atoms with E-state index in [1.807, 2.05) is 0 Å². The number of fused-ring (bicyclic) bond motifs is 1. The summed E-state index contributed by atoms with van der Waals surface area (Å²) in [5, 5.41) is 13.7. The molecule has 0 saturated carbocycles. The number of hydrogen-bond acceptors (Lipinski definition) is 4. The van der Waals surface area contributed by atoms with Gasteiger partial charge in [0.1, 0.15) is 11.5 Å². The summed E-state index contributed by atoms with van der Waals surface area (Å²) in [6, 6.07) is 4.99. The molecule has 25 heavy (non-hydrogen) atoms. The van der Waals surface area contributed by atoms with Crippen LogP contribution in [0.5, 0.6) is 5.75 Å². The van der Waals surface area contributed by atoms with Crippen LogP contribution >= 0.6 is 11.6 Å². The lowest BCUT2D eigenvalue weighted by atomic mass is 9.75. The van der Waals surface area contributed by atoms with E-state index in [1.165, 1.54) is 7.11 Å². The number of anilines is 1. The monoisotopic (exact) mass is 363 g/mol. The van der Waals surface area contributed by atoms with E-state index in [0.29, 0.717) is 40.6 Å². The largest absolute Gasteiger partial charge is 0.495 e. The summed E-state index contributed by atoms with van der Waals surface area (Å²) in [4.78, 5) is 12.7. The third kappa shape index (κ3) is 3.39. The van der Waals surface area contributed by atoms with Crippen molar-refractivity contribution >= 4 is 23.2 Å². The van der Waals surface area contributed by atoms with Gasteiger partial charge < -0.3 is 19.6 Å². The minimum Gasteiger partial charge on any atom is -0.495 e. The summed E-state index contributed by atoms with van der Waals surface area (Å²) in [5.74, 6) is 1.01. The van der Waals surface area contributed by atoms with Gasteiger partial charge in [0.2, 0.25) is 0 Å². The zero-order chi connectivity index (χ0) is 18.4. The number of aliphatic hydroxyl groups is 1. The van der Waals surface area contributed by atoms with Gasteiger partial charge in [0.05, 0.1) is 18.9 Å². The molecule has 1 unspecified atom stereocenters. The highest BCUT2D eigenvalue weighted by Crippen LogP contribution is 2.44. The molecule has 1 aliphatic carbocycles. The fourth-order valence-electron chi connectivity index (χ4n) is 3.46. The fourth-order valence-corrected chi connectivity index (χ4v) is 3.63. The van der Waals surface area contributed by atoms with E-state index in [2.05, 4.69) is 19.2 Å². The van der Waals surface area contributed by atoms with Gasteiger partial charge in [-0.05, 0) is 37.0 Å². The third-order valence-corrected chi connectivity index (χ3v) is 4.84. The molecule has 134 valence electrons. The van der Waals surface area contributed by atoms with Crippen LogP contribution in [0.3, 0.4) is 0 Å². The van der Waals surface area contributed by atoms with E-state index in [9.17, 15) is 9.90 Å². The Balaban J connectivity index is 1.93. The van der Waals surface area contributed by atoms with Gasteiger partial charge in [-0.25, -0.2) is 0 Å². The van der Waals surface area contributed by atoms with E-state index in [1.54, 1.807) is 25.1 Å². The highest BCUT2D eigenvalue weighted by molar-refractivity contribution is 6.31. The molecule has 1 atom stereocenters. The maximum absolute atomic E-state index is 12.7. The van der Waals surface area contributed by atoms with E-state index >= 15 is 0 Å². The first-order valence-corrected chi connectivity index (χ1v) is 8.55. The molecule has 0 saturated heterocycles. The molecule has 2 aromatic rings. The highest BCUT2D eigenvalue weighted by Gasteiger charge is 2.37. The molecule has 0 bridgehead atoms. The molecule has 1 aromatic carbocycles. The predicted molar refractivity (Wildman–Crippen MR) is 96.5 cm³/mol. The van der Waals surface area contributed by atoms with E-state index in [0.717, 1.165) is 5.56 Å². The zero-order valence-electron chi connectivity index (χ0n) is 14.8. The van der Waals surface area contributed by atoms with Crippen molar-refractivity contribution in [2.45, 2.75) is 39.7 Å². The topological polar surface area (TPSA) is 71.7 Å². The molecule has 0 radical (unpaired) electrons. The second kappa shape index (κ2) is 6.39. The van der Waals surface area contributed by atoms with Crippen LogP contribution in [0.25, 0.3) is 0 Å². The van der Waals surface area contributed by atoms with Crippen LogP contribution in [0.2, 0.25) is 5.02 Å². The van der Waals surface area contributed by atoms with Crippen molar-refractivity contribution in [2.24, 2.45) is 5.41 Å². The van der Waals surface area contributed by atoms with E-state index in [4.69, 9.17) is 20.8 Å². The Kier molecular flexibility index (Phi) is 4.56. The van der Waals surface area contributed by atoms with Gasteiger partial charge in [0.15, 0.2) is 5.76 Å². The van der Waals surface area contributed by atoms with Gasteiger partial charge in [0.25, 0.3) is 5.91 Å². The first kappa shape index (κ1) is 17.8. The molecule has 5 nitrogen and oxygen atoms in total. The average Bonchev–Trinajstić information content (AvgIpc) is 2.83. The number of methoxy groups -OCH3 is 1. The van der Waals surface area contributed by atoms with Gasteiger partial charge in [-0.2, -0.15) is 0 Å². The number of ether oxygens (including phenoxy) is 1. The van der Waals surface area contributed by atoms with Crippen molar-refractivity contribution in [1.82, 2.24) is 0 Å². The summed E-state index contributed by atoms with van der Waals surface area (Å²) in [6.45, 7) is 5.95. The summed E-state index contributed by atoms with van der Waals surface area (Å²) < 4.78 is 11.1. The Hall–Kier alpha value is -1.98. The molecular formula is C19H22ClNO4. The number of rotatable bonds is 3. The smallest absolute Gasteiger partial charge is 0.291 e. The molecule has 2 N–H and O–H groups in total. The van der Waals surface area contributed by atoms with Gasteiger partial charge in [-0.1, -0.05) is 25.4 Å². The van der Waals surface area contributed by atoms with Crippen LogP contribution in [-0.4, -0.2) is 18.1 Å². The fraction of sp³-hybridized carbons (Fsp3) is 0.421. The molecule has 0 aliphatic heterocycles. The lowest BCUT2D eigenvalue weighted by molar-refractivity contribution is 0.0910. The second-order valence-corrected chi connectivity index (χ2v) is 7.69. The number of halogens is 1. The van der Waals surface area contributed by atoms with Crippen LogP contribution in [0.1, 0.15) is 53.8 Å². The second-order valence-electron chi connectivity index (χ2n) is 7.25. The third-order valence-electron chi connectivity index (χ3n) is 4.60. The van der Waals surface area contributed by atoms with Gasteiger partial charge in [-0.3, -0.25) is 4.79 Å². The maximum atomic E-state index is 12.7. The molecular weight excluding hydrogens is 342 g/mol. The number of hydrogen-bond donors (Lipinski definition) is 2. The number of amides is 1. The average molecular weight is 364 g/mol. The Morgan fingerprint density at radius 3 is 2.84 bits per heavy atom.